The molecule has 0 aliphatic carbocycles. The van der Waals surface area contributed by atoms with Crippen molar-refractivity contribution in [3.05, 3.63) is 11.3 Å². The van der Waals surface area contributed by atoms with E-state index in [4.69, 9.17) is 4.74 Å². The maximum absolute atomic E-state index is 11.2. The third-order valence-corrected chi connectivity index (χ3v) is 3.25. The van der Waals surface area contributed by atoms with Gasteiger partial charge in [-0.1, -0.05) is 0 Å². The third-order valence-electron chi connectivity index (χ3n) is 3.25. The molecule has 6 heteroatoms. The minimum Gasteiger partial charge on any atom is -0.477 e. The van der Waals surface area contributed by atoms with Crippen LogP contribution in [-0.4, -0.2) is 40.6 Å². The molecule has 0 bridgehead atoms. The fourth-order valence-corrected chi connectivity index (χ4v) is 2.33. The first-order valence-electron chi connectivity index (χ1n) is 6.18. The normalized spacial score (nSPS) is 19.8. The van der Waals surface area contributed by atoms with E-state index in [-0.39, 0.29) is 5.56 Å². The molecule has 0 saturated carbocycles. The van der Waals surface area contributed by atoms with Crippen molar-refractivity contribution in [2.24, 2.45) is 13.0 Å². The second-order valence-electron chi connectivity index (χ2n) is 4.70. The Morgan fingerprint density at radius 3 is 3.06 bits per heavy atom. The maximum atomic E-state index is 11.2. The molecule has 100 valence electrons. The molecule has 1 fully saturated rings. The SMILES string of the molecule is Cc1nn(C)c(NCC2CCCOC2)c1C(=O)O. The molecule has 2 N–H and O–H groups in total. The lowest BCUT2D eigenvalue weighted by Gasteiger charge is -2.22. The summed E-state index contributed by atoms with van der Waals surface area (Å²) in [6, 6.07) is 0. The molecular formula is C12H19N3O3. The summed E-state index contributed by atoms with van der Waals surface area (Å²) in [6.07, 6.45) is 2.19. The van der Waals surface area contributed by atoms with E-state index in [1.807, 2.05) is 0 Å². The van der Waals surface area contributed by atoms with Gasteiger partial charge in [0.25, 0.3) is 0 Å². The van der Waals surface area contributed by atoms with Gasteiger partial charge in [-0.15, -0.1) is 0 Å². The van der Waals surface area contributed by atoms with E-state index in [0.29, 0.717) is 17.4 Å². The summed E-state index contributed by atoms with van der Waals surface area (Å²) < 4.78 is 6.99. The predicted octanol–water partition coefficient (Wildman–Crippen LogP) is 1.27. The van der Waals surface area contributed by atoms with Crippen LogP contribution in [-0.2, 0) is 11.8 Å². The first-order valence-corrected chi connectivity index (χ1v) is 6.18. The van der Waals surface area contributed by atoms with Crippen molar-refractivity contribution >= 4 is 11.8 Å². The summed E-state index contributed by atoms with van der Waals surface area (Å²) in [5, 5.41) is 16.5. The molecule has 0 aromatic carbocycles. The van der Waals surface area contributed by atoms with Crippen molar-refractivity contribution in [2.75, 3.05) is 25.1 Å². The van der Waals surface area contributed by atoms with Crippen LogP contribution < -0.4 is 5.32 Å². The Kier molecular flexibility index (Phi) is 3.86. The van der Waals surface area contributed by atoms with Gasteiger partial charge in [0, 0.05) is 20.2 Å². The Morgan fingerprint density at radius 2 is 2.44 bits per heavy atom. The minimum atomic E-state index is -0.942. The molecule has 0 radical (unpaired) electrons. The molecule has 18 heavy (non-hydrogen) atoms. The summed E-state index contributed by atoms with van der Waals surface area (Å²) in [5.74, 6) is 0.0733. The van der Waals surface area contributed by atoms with Crippen LogP contribution in [0.5, 0.6) is 0 Å². The lowest BCUT2D eigenvalue weighted by Crippen LogP contribution is -2.25. The molecule has 1 atom stereocenters. The van der Waals surface area contributed by atoms with Gasteiger partial charge >= 0.3 is 5.97 Å². The zero-order valence-electron chi connectivity index (χ0n) is 10.8. The first kappa shape index (κ1) is 12.9. The second-order valence-corrected chi connectivity index (χ2v) is 4.70. The van der Waals surface area contributed by atoms with Crippen LogP contribution in [0.1, 0.15) is 28.9 Å². The van der Waals surface area contributed by atoms with Crippen LogP contribution in [0, 0.1) is 12.8 Å². The molecule has 1 aliphatic rings. The highest BCUT2D eigenvalue weighted by Crippen LogP contribution is 2.20. The smallest absolute Gasteiger partial charge is 0.341 e. The molecule has 1 saturated heterocycles. The molecule has 0 amide bonds. The molecule has 6 nitrogen and oxygen atoms in total. The lowest BCUT2D eigenvalue weighted by molar-refractivity contribution is 0.0594. The van der Waals surface area contributed by atoms with Gasteiger partial charge in [-0.3, -0.25) is 4.68 Å². The predicted molar refractivity (Wildman–Crippen MR) is 66.9 cm³/mol. The summed E-state index contributed by atoms with van der Waals surface area (Å²) >= 11 is 0. The molecule has 2 rings (SSSR count). The number of hydrogen-bond acceptors (Lipinski definition) is 4. The van der Waals surface area contributed by atoms with Crippen LogP contribution in [0.15, 0.2) is 0 Å². The summed E-state index contributed by atoms with van der Waals surface area (Å²) in [5.41, 5.74) is 0.793. The van der Waals surface area contributed by atoms with Gasteiger partial charge in [0.15, 0.2) is 0 Å². The number of anilines is 1. The van der Waals surface area contributed by atoms with Crippen LogP contribution in [0.3, 0.4) is 0 Å². The molecule has 1 unspecified atom stereocenters. The zero-order valence-corrected chi connectivity index (χ0v) is 10.8. The summed E-state index contributed by atoms with van der Waals surface area (Å²) in [6.45, 7) is 4.01. The Balaban J connectivity index is 2.06. The molecule has 1 aliphatic heterocycles. The topological polar surface area (TPSA) is 76.4 Å². The molecule has 0 spiro atoms. The first-order chi connectivity index (χ1) is 8.59. The second kappa shape index (κ2) is 5.39. The number of carboxylic acid groups (broad SMARTS) is 1. The molecular weight excluding hydrogens is 234 g/mol. The van der Waals surface area contributed by atoms with Crippen LogP contribution >= 0.6 is 0 Å². The summed E-state index contributed by atoms with van der Waals surface area (Å²) in [4.78, 5) is 11.2. The van der Waals surface area contributed by atoms with Gasteiger partial charge in [0.05, 0.1) is 12.3 Å². The van der Waals surface area contributed by atoms with Gasteiger partial charge in [-0.2, -0.15) is 5.10 Å². The van der Waals surface area contributed by atoms with E-state index in [0.717, 1.165) is 32.6 Å². The van der Waals surface area contributed by atoms with Crippen LogP contribution in [0.25, 0.3) is 0 Å². The van der Waals surface area contributed by atoms with Crippen molar-refractivity contribution in [1.29, 1.82) is 0 Å². The fourth-order valence-electron chi connectivity index (χ4n) is 2.33. The highest BCUT2D eigenvalue weighted by Gasteiger charge is 2.21. The van der Waals surface area contributed by atoms with E-state index in [9.17, 15) is 9.90 Å². The average Bonchev–Trinajstić information content (AvgIpc) is 2.62. The molecule has 1 aromatic rings. The van der Waals surface area contributed by atoms with E-state index in [1.54, 1.807) is 18.7 Å². The monoisotopic (exact) mass is 253 g/mol. The highest BCUT2D eigenvalue weighted by molar-refractivity contribution is 5.94. The van der Waals surface area contributed by atoms with Gasteiger partial charge in [0.1, 0.15) is 11.4 Å². The number of carbonyl (C=O) groups is 1. The van der Waals surface area contributed by atoms with Crippen LogP contribution in [0.2, 0.25) is 0 Å². The van der Waals surface area contributed by atoms with E-state index < -0.39 is 5.97 Å². The number of ether oxygens (including phenoxy) is 1. The third kappa shape index (κ3) is 2.64. The number of aromatic carboxylic acids is 1. The van der Waals surface area contributed by atoms with Crippen molar-refractivity contribution in [3.63, 3.8) is 0 Å². The number of aryl methyl sites for hydroxylation is 2. The number of rotatable bonds is 4. The molecule has 1 aromatic heterocycles. The Hall–Kier alpha value is -1.56. The highest BCUT2D eigenvalue weighted by atomic mass is 16.5. The quantitative estimate of drug-likeness (QED) is 0.845. The van der Waals surface area contributed by atoms with Crippen molar-refractivity contribution in [3.8, 4) is 0 Å². The van der Waals surface area contributed by atoms with Crippen LogP contribution in [0.4, 0.5) is 5.82 Å². The van der Waals surface area contributed by atoms with Gasteiger partial charge in [-0.05, 0) is 25.7 Å². The minimum absolute atomic E-state index is 0.259. The standard InChI is InChI=1S/C12H19N3O3/c1-8-10(12(16)17)11(15(2)14-8)13-6-9-4-3-5-18-7-9/h9,13H,3-7H2,1-2H3,(H,16,17). The Morgan fingerprint density at radius 1 is 1.67 bits per heavy atom. The number of hydrogen-bond donors (Lipinski definition) is 2. The zero-order chi connectivity index (χ0) is 13.1. The van der Waals surface area contributed by atoms with E-state index in [1.165, 1.54) is 0 Å². The van der Waals surface area contributed by atoms with E-state index in [2.05, 4.69) is 10.4 Å². The lowest BCUT2D eigenvalue weighted by atomic mass is 10.0. The Bertz CT molecular complexity index is 436. The van der Waals surface area contributed by atoms with Crippen molar-refractivity contribution < 1.29 is 14.6 Å². The van der Waals surface area contributed by atoms with Gasteiger partial charge in [0.2, 0.25) is 0 Å². The van der Waals surface area contributed by atoms with E-state index >= 15 is 0 Å². The van der Waals surface area contributed by atoms with Crippen molar-refractivity contribution in [1.82, 2.24) is 9.78 Å². The Labute approximate surface area is 106 Å². The number of carboxylic acids is 1. The van der Waals surface area contributed by atoms with Gasteiger partial charge in [-0.25, -0.2) is 4.79 Å². The number of nitrogens with zero attached hydrogens (tertiary/aromatic N) is 2. The van der Waals surface area contributed by atoms with Crippen molar-refractivity contribution in [2.45, 2.75) is 19.8 Å². The number of nitrogens with one attached hydrogen (secondary N) is 1. The largest absolute Gasteiger partial charge is 0.477 e. The average molecular weight is 253 g/mol. The fraction of sp³-hybridized carbons (Fsp3) is 0.667. The number of aromatic nitrogens is 2. The summed E-state index contributed by atoms with van der Waals surface area (Å²) in [7, 11) is 1.75. The maximum Gasteiger partial charge on any atom is 0.341 e. The molecule has 2 heterocycles. The van der Waals surface area contributed by atoms with Gasteiger partial charge < -0.3 is 15.2 Å².